The lowest BCUT2D eigenvalue weighted by molar-refractivity contribution is 0.157. The molecule has 0 aliphatic carbocycles. The largest absolute Gasteiger partial charge is 0.448 e. The molecule has 0 aromatic carbocycles. The van der Waals surface area contributed by atoms with Gasteiger partial charge in [-0.25, -0.2) is 4.79 Å². The molecule has 0 unspecified atom stereocenters. The predicted octanol–water partition coefficient (Wildman–Crippen LogP) is 2.90. The first-order chi connectivity index (χ1) is 8.24. The molecule has 2 aromatic rings. The molecule has 0 N–H and O–H groups in total. The summed E-state index contributed by atoms with van der Waals surface area (Å²) in [6.45, 7) is 1.69. The fourth-order valence-corrected chi connectivity index (χ4v) is 3.10. The number of pyridine rings is 1. The Bertz CT molecular complexity index is 584. The van der Waals surface area contributed by atoms with Gasteiger partial charge in [-0.05, 0) is 12.1 Å². The first-order valence-electron chi connectivity index (χ1n) is 5.18. The van der Waals surface area contributed by atoms with Crippen LogP contribution in [0.4, 0.5) is 4.79 Å². The van der Waals surface area contributed by atoms with Gasteiger partial charge in [-0.3, -0.25) is 9.88 Å². The molecule has 1 fully saturated rings. The Morgan fingerprint density at radius 3 is 3.18 bits per heavy atom. The highest BCUT2D eigenvalue weighted by Gasteiger charge is 2.22. The Kier molecular flexibility index (Phi) is 2.64. The number of aromatic nitrogens is 1. The lowest BCUT2D eigenvalue weighted by Crippen LogP contribution is -2.22. The minimum absolute atomic E-state index is 0.249. The molecule has 1 aliphatic rings. The van der Waals surface area contributed by atoms with Crippen molar-refractivity contribution in [2.24, 2.45) is 0 Å². The SMILES string of the molecule is O=C1OCCN1Cc1cc2nccc(Cl)c2s1. The van der Waals surface area contributed by atoms with Crippen LogP contribution >= 0.6 is 22.9 Å². The topological polar surface area (TPSA) is 42.4 Å². The van der Waals surface area contributed by atoms with E-state index in [2.05, 4.69) is 4.98 Å². The van der Waals surface area contributed by atoms with E-state index >= 15 is 0 Å². The van der Waals surface area contributed by atoms with Gasteiger partial charge in [-0.1, -0.05) is 11.6 Å². The van der Waals surface area contributed by atoms with Crippen LogP contribution in [0.2, 0.25) is 5.02 Å². The quantitative estimate of drug-likeness (QED) is 0.841. The molecule has 3 rings (SSSR count). The summed E-state index contributed by atoms with van der Waals surface area (Å²) >= 11 is 7.65. The highest BCUT2D eigenvalue weighted by atomic mass is 35.5. The number of rotatable bonds is 2. The standard InChI is InChI=1S/C11H9ClN2O2S/c12-8-1-2-13-9-5-7(17-10(8)9)6-14-3-4-16-11(14)15/h1-2,5H,3-4,6H2. The zero-order chi connectivity index (χ0) is 11.8. The molecule has 3 heterocycles. The molecular weight excluding hydrogens is 260 g/mol. The van der Waals surface area contributed by atoms with Crippen molar-refractivity contribution in [3.8, 4) is 0 Å². The number of amides is 1. The zero-order valence-electron chi connectivity index (χ0n) is 8.85. The molecule has 0 radical (unpaired) electrons. The molecule has 0 atom stereocenters. The second-order valence-electron chi connectivity index (χ2n) is 3.76. The first-order valence-corrected chi connectivity index (χ1v) is 6.38. The van der Waals surface area contributed by atoms with Gasteiger partial charge >= 0.3 is 6.09 Å². The molecule has 1 amide bonds. The molecule has 0 saturated carbocycles. The number of halogens is 1. The second-order valence-corrected chi connectivity index (χ2v) is 5.30. The molecule has 0 bridgehead atoms. The van der Waals surface area contributed by atoms with Gasteiger partial charge in [0.1, 0.15) is 6.61 Å². The Morgan fingerprint density at radius 1 is 1.59 bits per heavy atom. The summed E-state index contributed by atoms with van der Waals surface area (Å²) in [7, 11) is 0. The van der Waals surface area contributed by atoms with Gasteiger partial charge in [-0.15, -0.1) is 11.3 Å². The highest BCUT2D eigenvalue weighted by Crippen LogP contribution is 2.31. The van der Waals surface area contributed by atoms with Crippen molar-refractivity contribution in [1.82, 2.24) is 9.88 Å². The first kappa shape index (κ1) is 10.8. The van der Waals surface area contributed by atoms with E-state index in [1.165, 1.54) is 0 Å². The van der Waals surface area contributed by atoms with Crippen LogP contribution in [0.5, 0.6) is 0 Å². The van der Waals surface area contributed by atoms with E-state index in [9.17, 15) is 4.79 Å². The Labute approximate surface area is 107 Å². The number of nitrogens with zero attached hydrogens (tertiary/aromatic N) is 2. The minimum atomic E-state index is -0.249. The van der Waals surface area contributed by atoms with Crippen LogP contribution in [-0.4, -0.2) is 29.1 Å². The predicted molar refractivity (Wildman–Crippen MR) is 66.4 cm³/mol. The summed E-state index contributed by atoms with van der Waals surface area (Å²) in [6, 6.07) is 3.74. The number of thiophene rings is 1. The van der Waals surface area contributed by atoms with Crippen molar-refractivity contribution in [3.05, 3.63) is 28.2 Å². The Balaban J connectivity index is 1.91. The molecule has 88 valence electrons. The maximum atomic E-state index is 11.3. The summed E-state index contributed by atoms with van der Waals surface area (Å²) in [4.78, 5) is 18.3. The normalized spacial score (nSPS) is 15.6. The van der Waals surface area contributed by atoms with Crippen molar-refractivity contribution in [1.29, 1.82) is 0 Å². The molecule has 1 aliphatic heterocycles. The van der Waals surface area contributed by atoms with Gasteiger partial charge in [0.25, 0.3) is 0 Å². The molecule has 17 heavy (non-hydrogen) atoms. The smallest absolute Gasteiger partial charge is 0.410 e. The minimum Gasteiger partial charge on any atom is -0.448 e. The van der Waals surface area contributed by atoms with Crippen LogP contribution < -0.4 is 0 Å². The maximum absolute atomic E-state index is 11.3. The van der Waals surface area contributed by atoms with Crippen molar-refractivity contribution < 1.29 is 9.53 Å². The number of hydrogen-bond donors (Lipinski definition) is 0. The molecule has 4 nitrogen and oxygen atoms in total. The highest BCUT2D eigenvalue weighted by molar-refractivity contribution is 7.19. The van der Waals surface area contributed by atoms with Gasteiger partial charge < -0.3 is 4.74 Å². The Hall–Kier alpha value is -1.33. The molecule has 2 aromatic heterocycles. The summed E-state index contributed by atoms with van der Waals surface area (Å²) in [6.07, 6.45) is 1.44. The number of fused-ring (bicyclic) bond motifs is 1. The average Bonchev–Trinajstić information content (AvgIpc) is 2.87. The number of carbonyl (C=O) groups excluding carboxylic acids is 1. The van der Waals surface area contributed by atoms with Crippen molar-refractivity contribution >= 4 is 39.2 Å². The lowest BCUT2D eigenvalue weighted by Gasteiger charge is -2.09. The average molecular weight is 269 g/mol. The number of cyclic esters (lactones) is 1. The zero-order valence-corrected chi connectivity index (χ0v) is 10.4. The van der Waals surface area contributed by atoms with Crippen LogP contribution in [0.15, 0.2) is 18.3 Å². The van der Waals surface area contributed by atoms with Crippen LogP contribution in [0.1, 0.15) is 4.88 Å². The summed E-state index contributed by atoms with van der Waals surface area (Å²) in [5.41, 5.74) is 0.880. The van der Waals surface area contributed by atoms with Gasteiger partial charge in [-0.2, -0.15) is 0 Å². The van der Waals surface area contributed by atoms with Crippen LogP contribution in [-0.2, 0) is 11.3 Å². The van der Waals surface area contributed by atoms with Crippen LogP contribution in [0, 0.1) is 0 Å². The van der Waals surface area contributed by atoms with E-state index < -0.39 is 0 Å². The second kappa shape index (κ2) is 4.16. The van der Waals surface area contributed by atoms with Gasteiger partial charge in [0, 0.05) is 11.1 Å². The van der Waals surface area contributed by atoms with Crippen LogP contribution in [0.3, 0.4) is 0 Å². The van der Waals surface area contributed by atoms with Gasteiger partial charge in [0.15, 0.2) is 0 Å². The van der Waals surface area contributed by atoms with Crippen LogP contribution in [0.25, 0.3) is 10.2 Å². The molecule has 1 saturated heterocycles. The summed E-state index contributed by atoms with van der Waals surface area (Å²) in [5, 5.41) is 0.704. The van der Waals surface area contributed by atoms with E-state index in [0.29, 0.717) is 24.7 Å². The van der Waals surface area contributed by atoms with E-state index in [1.54, 1.807) is 28.5 Å². The summed E-state index contributed by atoms with van der Waals surface area (Å²) < 4.78 is 5.85. The summed E-state index contributed by atoms with van der Waals surface area (Å²) in [5.74, 6) is 0. The third-order valence-electron chi connectivity index (χ3n) is 2.61. The van der Waals surface area contributed by atoms with E-state index in [4.69, 9.17) is 16.3 Å². The third kappa shape index (κ3) is 1.96. The van der Waals surface area contributed by atoms with Crippen molar-refractivity contribution in [2.75, 3.05) is 13.2 Å². The number of carbonyl (C=O) groups is 1. The van der Waals surface area contributed by atoms with E-state index in [0.717, 1.165) is 15.1 Å². The van der Waals surface area contributed by atoms with Gasteiger partial charge in [0.2, 0.25) is 0 Å². The number of ether oxygens (including phenoxy) is 1. The number of hydrogen-bond acceptors (Lipinski definition) is 4. The molecular formula is C11H9ClN2O2S. The fraction of sp³-hybridized carbons (Fsp3) is 0.273. The molecule has 6 heteroatoms. The molecule has 0 spiro atoms. The Morgan fingerprint density at radius 2 is 2.47 bits per heavy atom. The van der Waals surface area contributed by atoms with Crippen molar-refractivity contribution in [3.63, 3.8) is 0 Å². The van der Waals surface area contributed by atoms with Crippen molar-refractivity contribution in [2.45, 2.75) is 6.54 Å². The van der Waals surface area contributed by atoms with E-state index in [-0.39, 0.29) is 6.09 Å². The lowest BCUT2D eigenvalue weighted by atomic mass is 10.3. The van der Waals surface area contributed by atoms with Gasteiger partial charge in [0.05, 0.1) is 28.3 Å². The van der Waals surface area contributed by atoms with E-state index in [1.807, 2.05) is 6.07 Å². The third-order valence-corrected chi connectivity index (χ3v) is 4.18. The fourth-order valence-electron chi connectivity index (χ4n) is 1.79. The maximum Gasteiger partial charge on any atom is 0.410 e. The monoisotopic (exact) mass is 268 g/mol.